The molecule has 0 unspecified atom stereocenters. The van der Waals surface area contributed by atoms with Gasteiger partial charge in [-0.25, -0.2) is 8.42 Å². The molecule has 0 heterocycles. The molecule has 174 valence electrons. The Hall–Kier alpha value is -2.87. The summed E-state index contributed by atoms with van der Waals surface area (Å²) in [6.07, 6.45) is 1.07. The first-order chi connectivity index (χ1) is 14.9. The third kappa shape index (κ3) is 6.56. The molecular weight excluding hydrogens is 426 g/mol. The van der Waals surface area contributed by atoms with Gasteiger partial charge in [-0.1, -0.05) is 55.8 Å². The lowest BCUT2D eigenvalue weighted by atomic mass is 10.0. The molecule has 1 N–H and O–H groups in total. The Morgan fingerprint density at radius 1 is 0.969 bits per heavy atom. The summed E-state index contributed by atoms with van der Waals surface area (Å²) in [5.74, 6) is -0.478. The normalized spacial score (nSPS) is 12.3. The molecule has 0 aliphatic rings. The van der Waals surface area contributed by atoms with Crippen LogP contribution < -0.4 is 9.62 Å². The number of benzene rings is 2. The molecule has 1 atom stereocenters. The molecule has 2 aromatic rings. The number of carbonyl (C=O) groups is 2. The molecular formula is C24H33N3O4S. The van der Waals surface area contributed by atoms with E-state index in [1.807, 2.05) is 43.3 Å². The van der Waals surface area contributed by atoms with Crippen molar-refractivity contribution in [2.45, 2.75) is 46.2 Å². The molecule has 32 heavy (non-hydrogen) atoms. The van der Waals surface area contributed by atoms with Gasteiger partial charge in [0, 0.05) is 13.6 Å². The number of hydrogen-bond donors (Lipinski definition) is 1. The Bertz CT molecular complexity index is 1030. The highest BCUT2D eigenvalue weighted by Crippen LogP contribution is 2.22. The van der Waals surface area contributed by atoms with Crippen molar-refractivity contribution in [3.63, 3.8) is 0 Å². The number of aryl methyl sites for hydroxylation is 1. The van der Waals surface area contributed by atoms with E-state index in [1.165, 1.54) is 11.9 Å². The van der Waals surface area contributed by atoms with Gasteiger partial charge in [-0.2, -0.15) is 0 Å². The smallest absolute Gasteiger partial charge is 0.244 e. The van der Waals surface area contributed by atoms with Gasteiger partial charge in [0.1, 0.15) is 12.6 Å². The summed E-state index contributed by atoms with van der Waals surface area (Å²) in [5, 5.41) is 2.56. The monoisotopic (exact) mass is 459 g/mol. The zero-order chi connectivity index (χ0) is 24.1. The van der Waals surface area contributed by atoms with E-state index in [4.69, 9.17) is 0 Å². The molecule has 2 aromatic carbocycles. The van der Waals surface area contributed by atoms with Gasteiger partial charge in [-0.3, -0.25) is 13.9 Å². The summed E-state index contributed by atoms with van der Waals surface area (Å²) in [6, 6.07) is 14.0. The van der Waals surface area contributed by atoms with E-state index in [9.17, 15) is 18.0 Å². The zero-order valence-electron chi connectivity index (χ0n) is 19.6. The number of sulfonamides is 1. The van der Waals surface area contributed by atoms with Crippen LogP contribution in [-0.4, -0.2) is 51.0 Å². The van der Waals surface area contributed by atoms with Gasteiger partial charge >= 0.3 is 0 Å². The van der Waals surface area contributed by atoms with E-state index in [1.54, 1.807) is 19.1 Å². The van der Waals surface area contributed by atoms with E-state index in [0.29, 0.717) is 11.6 Å². The third-order valence-electron chi connectivity index (χ3n) is 5.41. The van der Waals surface area contributed by atoms with Gasteiger partial charge in [-0.05, 0) is 43.0 Å². The minimum Gasteiger partial charge on any atom is -0.357 e. The molecule has 0 aliphatic carbocycles. The Balaban J connectivity index is 2.36. The fourth-order valence-electron chi connectivity index (χ4n) is 3.32. The maximum Gasteiger partial charge on any atom is 0.244 e. The average Bonchev–Trinajstić information content (AvgIpc) is 2.75. The van der Waals surface area contributed by atoms with E-state index in [2.05, 4.69) is 19.2 Å². The molecule has 0 radical (unpaired) electrons. The summed E-state index contributed by atoms with van der Waals surface area (Å²) in [7, 11) is -2.22. The van der Waals surface area contributed by atoms with E-state index >= 15 is 0 Å². The van der Waals surface area contributed by atoms with Gasteiger partial charge in [-0.15, -0.1) is 0 Å². The van der Waals surface area contributed by atoms with Crippen LogP contribution in [0.2, 0.25) is 0 Å². The Morgan fingerprint density at radius 3 is 2.00 bits per heavy atom. The highest BCUT2D eigenvalue weighted by atomic mass is 32.2. The minimum absolute atomic E-state index is 0.192. The Labute approximate surface area is 191 Å². The van der Waals surface area contributed by atoms with Crippen molar-refractivity contribution in [1.29, 1.82) is 0 Å². The number of amides is 2. The molecule has 0 saturated carbocycles. The van der Waals surface area contributed by atoms with Crippen LogP contribution >= 0.6 is 0 Å². The van der Waals surface area contributed by atoms with Crippen molar-refractivity contribution in [2.24, 2.45) is 0 Å². The maximum absolute atomic E-state index is 13.3. The standard InChI is InChI=1S/C24H33N3O4S/c1-17(2)21-11-13-22(14-12-21)27(32(6,30)31)16-23(28)26(19(4)24(29)25-5)15-20-9-7-18(3)8-10-20/h7-14,17,19H,15-16H2,1-6H3,(H,25,29)/t19-/m1/s1. The summed E-state index contributed by atoms with van der Waals surface area (Å²) >= 11 is 0. The molecule has 2 rings (SSSR count). The summed E-state index contributed by atoms with van der Waals surface area (Å²) in [5.41, 5.74) is 3.42. The molecule has 0 aromatic heterocycles. The fourth-order valence-corrected chi connectivity index (χ4v) is 4.17. The fraction of sp³-hybridized carbons (Fsp3) is 0.417. The lowest BCUT2D eigenvalue weighted by molar-refractivity contribution is -0.139. The topological polar surface area (TPSA) is 86.8 Å². The second-order valence-corrected chi connectivity index (χ2v) is 10.2. The first kappa shape index (κ1) is 25.4. The predicted octanol–water partition coefficient (Wildman–Crippen LogP) is 3.05. The van der Waals surface area contributed by atoms with Crippen LogP contribution in [0, 0.1) is 6.92 Å². The summed E-state index contributed by atoms with van der Waals surface area (Å²) < 4.78 is 26.2. The van der Waals surface area contributed by atoms with Crippen molar-refractivity contribution < 1.29 is 18.0 Å². The van der Waals surface area contributed by atoms with Crippen molar-refractivity contribution in [2.75, 3.05) is 24.2 Å². The minimum atomic E-state index is -3.72. The zero-order valence-corrected chi connectivity index (χ0v) is 20.4. The van der Waals surface area contributed by atoms with Crippen LogP contribution in [0.1, 0.15) is 43.4 Å². The number of nitrogens with zero attached hydrogens (tertiary/aromatic N) is 2. The van der Waals surface area contributed by atoms with E-state index in [0.717, 1.165) is 27.3 Å². The van der Waals surface area contributed by atoms with Gasteiger partial charge in [0.2, 0.25) is 21.8 Å². The van der Waals surface area contributed by atoms with Crippen LogP contribution in [0.25, 0.3) is 0 Å². The largest absolute Gasteiger partial charge is 0.357 e. The number of hydrogen-bond acceptors (Lipinski definition) is 4. The predicted molar refractivity (Wildman–Crippen MR) is 128 cm³/mol. The van der Waals surface area contributed by atoms with Gasteiger partial charge in [0.15, 0.2) is 0 Å². The molecule has 0 aliphatic heterocycles. The second-order valence-electron chi connectivity index (χ2n) is 8.31. The number of carbonyl (C=O) groups excluding carboxylic acids is 2. The van der Waals surface area contributed by atoms with Crippen LogP contribution in [0.3, 0.4) is 0 Å². The van der Waals surface area contributed by atoms with Crippen molar-refractivity contribution >= 4 is 27.5 Å². The number of rotatable bonds is 9. The molecule has 0 bridgehead atoms. The quantitative estimate of drug-likeness (QED) is 0.624. The Morgan fingerprint density at radius 2 is 1.53 bits per heavy atom. The van der Waals surface area contributed by atoms with Gasteiger partial charge in [0.25, 0.3) is 0 Å². The van der Waals surface area contributed by atoms with Gasteiger partial charge in [0.05, 0.1) is 11.9 Å². The lowest BCUT2D eigenvalue weighted by Gasteiger charge is -2.31. The number of nitrogens with one attached hydrogen (secondary N) is 1. The van der Waals surface area contributed by atoms with E-state index < -0.39 is 28.5 Å². The first-order valence-corrected chi connectivity index (χ1v) is 12.4. The molecule has 0 fully saturated rings. The molecule has 7 nitrogen and oxygen atoms in total. The number of anilines is 1. The SMILES string of the molecule is CNC(=O)[C@@H](C)N(Cc1ccc(C)cc1)C(=O)CN(c1ccc(C(C)C)cc1)S(C)(=O)=O. The maximum atomic E-state index is 13.3. The average molecular weight is 460 g/mol. The van der Waals surface area contributed by atoms with Crippen LogP contribution in [0.5, 0.6) is 0 Å². The second kappa shape index (κ2) is 10.6. The summed E-state index contributed by atoms with van der Waals surface area (Å²) in [6.45, 7) is 7.50. The van der Waals surface area contributed by atoms with Crippen LogP contribution in [-0.2, 0) is 26.2 Å². The lowest BCUT2D eigenvalue weighted by Crippen LogP contribution is -2.50. The van der Waals surface area contributed by atoms with Crippen molar-refractivity contribution in [3.8, 4) is 0 Å². The highest BCUT2D eigenvalue weighted by Gasteiger charge is 2.29. The van der Waals surface area contributed by atoms with Crippen molar-refractivity contribution in [1.82, 2.24) is 10.2 Å². The van der Waals surface area contributed by atoms with Gasteiger partial charge < -0.3 is 10.2 Å². The first-order valence-electron chi connectivity index (χ1n) is 10.6. The Kier molecular flexibility index (Phi) is 8.44. The highest BCUT2D eigenvalue weighted by molar-refractivity contribution is 7.92. The van der Waals surface area contributed by atoms with Crippen LogP contribution in [0.4, 0.5) is 5.69 Å². The van der Waals surface area contributed by atoms with Crippen LogP contribution in [0.15, 0.2) is 48.5 Å². The summed E-state index contributed by atoms with van der Waals surface area (Å²) in [4.78, 5) is 27.0. The molecule has 2 amide bonds. The number of likely N-dealkylation sites (N-methyl/N-ethyl adjacent to an activating group) is 1. The molecule has 0 spiro atoms. The molecule has 0 saturated heterocycles. The van der Waals surface area contributed by atoms with E-state index in [-0.39, 0.29) is 12.5 Å². The van der Waals surface area contributed by atoms with Crippen molar-refractivity contribution in [3.05, 3.63) is 65.2 Å². The third-order valence-corrected chi connectivity index (χ3v) is 6.55. The molecule has 8 heteroatoms.